The fourth-order valence-electron chi connectivity index (χ4n) is 3.80. The van der Waals surface area contributed by atoms with Gasteiger partial charge < -0.3 is 14.8 Å². The Bertz CT molecular complexity index is 1020. The summed E-state index contributed by atoms with van der Waals surface area (Å²) in [5.74, 6) is -0.613. The van der Waals surface area contributed by atoms with Crippen molar-refractivity contribution >= 4 is 24.2 Å². The molecule has 2 amide bonds. The number of nitriles is 1. The summed E-state index contributed by atoms with van der Waals surface area (Å²) in [4.78, 5) is 38.0. The van der Waals surface area contributed by atoms with E-state index >= 15 is 0 Å². The second-order valence-electron chi connectivity index (χ2n) is 8.53. The van der Waals surface area contributed by atoms with Crippen LogP contribution in [0.25, 0.3) is 0 Å². The Morgan fingerprint density at radius 3 is 2.44 bits per heavy atom. The summed E-state index contributed by atoms with van der Waals surface area (Å²) in [5, 5.41) is 11.8. The number of benzene rings is 2. The predicted octanol–water partition coefficient (Wildman–Crippen LogP) is 3.46. The van der Waals surface area contributed by atoms with Gasteiger partial charge >= 0.3 is 12.1 Å². The molecule has 0 saturated carbocycles. The van der Waals surface area contributed by atoms with Gasteiger partial charge in [0.15, 0.2) is 0 Å². The Hall–Kier alpha value is -3.86. The number of hydrogen-bond acceptors (Lipinski definition) is 6. The van der Waals surface area contributed by atoms with Crippen molar-refractivity contribution < 1.29 is 23.9 Å². The molecule has 2 atom stereocenters. The van der Waals surface area contributed by atoms with Crippen LogP contribution in [-0.4, -0.2) is 31.3 Å². The fourth-order valence-corrected chi connectivity index (χ4v) is 3.80. The summed E-state index contributed by atoms with van der Waals surface area (Å²) in [6.07, 6.45) is -1.31. The van der Waals surface area contributed by atoms with Crippen LogP contribution >= 0.6 is 0 Å². The first-order valence-corrected chi connectivity index (χ1v) is 10.1. The number of carbonyl (C=O) groups is 3. The monoisotopic (exact) mass is 435 g/mol. The summed E-state index contributed by atoms with van der Waals surface area (Å²) in [6, 6.07) is 17.6. The summed E-state index contributed by atoms with van der Waals surface area (Å²) in [5.41, 5.74) is 0.201. The van der Waals surface area contributed by atoms with Crippen LogP contribution in [0.15, 0.2) is 54.6 Å². The van der Waals surface area contributed by atoms with E-state index in [0.717, 1.165) is 5.56 Å². The molecular weight excluding hydrogens is 410 g/mol. The zero-order valence-corrected chi connectivity index (χ0v) is 18.2. The van der Waals surface area contributed by atoms with Gasteiger partial charge in [-0.3, -0.25) is 14.5 Å². The predicted molar refractivity (Wildman–Crippen MR) is 116 cm³/mol. The molecule has 0 aliphatic carbocycles. The van der Waals surface area contributed by atoms with Gasteiger partial charge in [-0.2, -0.15) is 5.26 Å². The van der Waals surface area contributed by atoms with E-state index in [-0.39, 0.29) is 13.0 Å². The molecule has 166 valence electrons. The maximum absolute atomic E-state index is 12.9. The zero-order valence-electron chi connectivity index (χ0n) is 18.2. The molecule has 1 aliphatic heterocycles. The summed E-state index contributed by atoms with van der Waals surface area (Å²) in [6.45, 7) is 5.79. The van der Waals surface area contributed by atoms with Gasteiger partial charge in [0.05, 0.1) is 23.6 Å². The number of cyclic esters (lactones) is 1. The molecule has 2 unspecified atom stereocenters. The number of nitrogens with zero attached hydrogens (tertiary/aromatic N) is 2. The number of ether oxygens (including phenoxy) is 2. The van der Waals surface area contributed by atoms with E-state index in [9.17, 15) is 14.4 Å². The molecule has 2 aromatic rings. The highest BCUT2D eigenvalue weighted by Crippen LogP contribution is 2.42. The Morgan fingerprint density at radius 2 is 1.88 bits per heavy atom. The molecule has 1 N–H and O–H groups in total. The summed E-state index contributed by atoms with van der Waals surface area (Å²) in [7, 11) is 0. The van der Waals surface area contributed by atoms with Gasteiger partial charge in [-0.1, -0.05) is 51.1 Å². The van der Waals surface area contributed by atoms with Crippen molar-refractivity contribution in [2.75, 3.05) is 11.4 Å². The van der Waals surface area contributed by atoms with E-state index in [1.165, 1.54) is 4.90 Å². The third-order valence-corrected chi connectivity index (χ3v) is 5.62. The maximum atomic E-state index is 12.9. The van der Waals surface area contributed by atoms with Gasteiger partial charge in [0.2, 0.25) is 6.41 Å². The van der Waals surface area contributed by atoms with Crippen LogP contribution in [0.4, 0.5) is 10.5 Å². The molecule has 0 radical (unpaired) electrons. The van der Waals surface area contributed by atoms with E-state index < -0.39 is 29.3 Å². The molecule has 2 aromatic carbocycles. The highest BCUT2D eigenvalue weighted by molar-refractivity contribution is 5.90. The maximum Gasteiger partial charge on any atom is 0.417 e. The molecular formula is C24H25N3O5. The quantitative estimate of drug-likeness (QED) is 0.527. The minimum atomic E-state index is -1.09. The number of carbonyl (C=O) groups excluding carboxylic acids is 3. The van der Waals surface area contributed by atoms with E-state index in [1.807, 2.05) is 57.2 Å². The minimum Gasteiger partial charge on any atom is -0.423 e. The molecule has 0 bridgehead atoms. The topological polar surface area (TPSA) is 109 Å². The molecule has 0 aromatic heterocycles. The van der Waals surface area contributed by atoms with Crippen molar-refractivity contribution in [3.8, 4) is 6.07 Å². The van der Waals surface area contributed by atoms with E-state index in [4.69, 9.17) is 14.7 Å². The molecule has 0 spiro atoms. The Morgan fingerprint density at radius 1 is 1.22 bits per heavy atom. The largest absolute Gasteiger partial charge is 0.423 e. The van der Waals surface area contributed by atoms with Crippen LogP contribution < -0.4 is 10.2 Å². The molecule has 32 heavy (non-hydrogen) atoms. The minimum absolute atomic E-state index is 0.0193. The van der Waals surface area contributed by atoms with Crippen molar-refractivity contribution in [2.45, 2.75) is 39.0 Å². The highest BCUT2D eigenvalue weighted by Gasteiger charge is 2.46. The van der Waals surface area contributed by atoms with Gasteiger partial charge in [0, 0.05) is 5.69 Å². The van der Waals surface area contributed by atoms with Crippen LogP contribution in [0.3, 0.4) is 0 Å². The summed E-state index contributed by atoms with van der Waals surface area (Å²) < 4.78 is 10.7. The lowest BCUT2D eigenvalue weighted by molar-refractivity contribution is -0.165. The first kappa shape index (κ1) is 22.8. The van der Waals surface area contributed by atoms with Gasteiger partial charge in [0.1, 0.15) is 6.54 Å². The van der Waals surface area contributed by atoms with Crippen molar-refractivity contribution in [2.24, 2.45) is 5.41 Å². The van der Waals surface area contributed by atoms with E-state index in [1.54, 1.807) is 24.3 Å². The number of anilines is 1. The SMILES string of the molecule is CC(C)(C)C(CC(=O)OC1CN(c2ccc(C#N)cc2)C(=O)O1)(NC=O)c1ccccc1. The summed E-state index contributed by atoms with van der Waals surface area (Å²) >= 11 is 0. The number of rotatable bonds is 7. The fraction of sp³-hybridized carbons (Fsp3) is 0.333. The third-order valence-electron chi connectivity index (χ3n) is 5.62. The second-order valence-corrected chi connectivity index (χ2v) is 8.53. The first-order chi connectivity index (χ1) is 15.2. The molecule has 1 saturated heterocycles. The lowest BCUT2D eigenvalue weighted by Crippen LogP contribution is -2.53. The van der Waals surface area contributed by atoms with Crippen molar-refractivity contribution in [1.29, 1.82) is 5.26 Å². The number of nitrogens with one attached hydrogen (secondary N) is 1. The smallest absolute Gasteiger partial charge is 0.417 e. The third kappa shape index (κ3) is 4.57. The van der Waals surface area contributed by atoms with E-state index in [0.29, 0.717) is 17.7 Å². The standard InChI is InChI=1S/C24H25N3O5/c1-23(2,3)24(26-16-28,18-7-5-4-6-8-18)13-20(29)31-21-15-27(22(30)32-21)19-11-9-17(14-25)10-12-19/h4-12,16,21H,13,15H2,1-3H3,(H,26,28). The van der Waals surface area contributed by atoms with Gasteiger partial charge in [-0.15, -0.1) is 0 Å². The van der Waals surface area contributed by atoms with Crippen molar-refractivity contribution in [3.05, 3.63) is 65.7 Å². The van der Waals surface area contributed by atoms with Crippen molar-refractivity contribution in [3.63, 3.8) is 0 Å². The average molecular weight is 435 g/mol. The molecule has 1 heterocycles. The second kappa shape index (κ2) is 9.10. The van der Waals surface area contributed by atoms with Crippen molar-refractivity contribution in [1.82, 2.24) is 5.32 Å². The Kier molecular flexibility index (Phi) is 6.49. The lowest BCUT2D eigenvalue weighted by Gasteiger charge is -2.44. The highest BCUT2D eigenvalue weighted by atomic mass is 16.7. The molecule has 3 rings (SSSR count). The Balaban J connectivity index is 1.76. The first-order valence-electron chi connectivity index (χ1n) is 10.1. The van der Waals surface area contributed by atoms with Crippen LogP contribution in [-0.2, 0) is 24.6 Å². The van der Waals surface area contributed by atoms with Gasteiger partial charge in [0.25, 0.3) is 6.29 Å². The van der Waals surface area contributed by atoms with Crippen LogP contribution in [0.5, 0.6) is 0 Å². The molecule has 8 heteroatoms. The lowest BCUT2D eigenvalue weighted by atomic mass is 9.67. The van der Waals surface area contributed by atoms with Gasteiger partial charge in [-0.25, -0.2) is 4.79 Å². The van der Waals surface area contributed by atoms with E-state index in [2.05, 4.69) is 5.32 Å². The molecule has 1 aliphatic rings. The molecule has 1 fully saturated rings. The molecule has 8 nitrogen and oxygen atoms in total. The zero-order chi connectivity index (χ0) is 23.4. The number of esters is 1. The number of hydrogen-bond donors (Lipinski definition) is 1. The van der Waals surface area contributed by atoms with Gasteiger partial charge in [-0.05, 0) is 35.2 Å². The average Bonchev–Trinajstić information content (AvgIpc) is 3.13. The number of amides is 2. The van der Waals surface area contributed by atoms with Crippen LogP contribution in [0.2, 0.25) is 0 Å². The normalized spacial score (nSPS) is 17.6. The van der Waals surface area contributed by atoms with Crippen LogP contribution in [0, 0.1) is 16.7 Å². The Labute approximate surface area is 186 Å². The van der Waals surface area contributed by atoms with Crippen LogP contribution in [0.1, 0.15) is 38.3 Å².